The number of hydrogen-bond acceptors (Lipinski definition) is 7. The molecule has 9 nitrogen and oxygen atoms in total. The van der Waals surface area contributed by atoms with Crippen LogP contribution < -0.4 is 5.73 Å². The summed E-state index contributed by atoms with van der Waals surface area (Å²) in [5.74, 6) is -2.52. The molecular formula is C17H22N2O7S2. The lowest BCUT2D eigenvalue weighted by atomic mass is 10.2. The number of carbonyl (C=O) groups is 2. The zero-order valence-corrected chi connectivity index (χ0v) is 17.4. The van der Waals surface area contributed by atoms with Gasteiger partial charge in [0.2, 0.25) is 5.91 Å². The highest BCUT2D eigenvalue weighted by atomic mass is 32.2. The molecule has 2 aromatic rings. The zero-order chi connectivity index (χ0) is 21.3. The molecule has 0 atom stereocenters. The summed E-state index contributed by atoms with van der Waals surface area (Å²) in [7, 11) is -7.14. The number of sulfone groups is 2. The van der Waals surface area contributed by atoms with Gasteiger partial charge in [0.05, 0.1) is 29.7 Å². The van der Waals surface area contributed by atoms with E-state index in [1.807, 2.05) is 0 Å². The Labute approximate surface area is 163 Å². The number of primary amides is 1. The van der Waals surface area contributed by atoms with E-state index in [2.05, 4.69) is 0 Å². The van der Waals surface area contributed by atoms with E-state index in [4.69, 9.17) is 10.5 Å². The van der Waals surface area contributed by atoms with E-state index in [0.29, 0.717) is 0 Å². The van der Waals surface area contributed by atoms with Crippen LogP contribution in [0.15, 0.2) is 28.1 Å². The van der Waals surface area contributed by atoms with Crippen molar-refractivity contribution in [3.05, 3.63) is 29.6 Å². The van der Waals surface area contributed by atoms with Gasteiger partial charge in [-0.05, 0) is 25.0 Å². The topological polar surface area (TPSA) is 142 Å². The van der Waals surface area contributed by atoms with Crippen molar-refractivity contribution in [2.24, 2.45) is 5.73 Å². The summed E-state index contributed by atoms with van der Waals surface area (Å²) >= 11 is 0. The van der Waals surface area contributed by atoms with E-state index >= 15 is 0 Å². The number of esters is 1. The van der Waals surface area contributed by atoms with E-state index in [1.54, 1.807) is 13.8 Å². The van der Waals surface area contributed by atoms with Gasteiger partial charge >= 0.3 is 5.97 Å². The number of hydrogen-bond donors (Lipinski definition) is 1. The normalized spacial score (nSPS) is 12.2. The Kier molecular flexibility index (Phi) is 6.19. The molecule has 0 saturated carbocycles. The number of carbonyl (C=O) groups excluding carboxylic acids is 2. The van der Waals surface area contributed by atoms with Gasteiger partial charge in [-0.2, -0.15) is 0 Å². The molecule has 0 radical (unpaired) electrons. The van der Waals surface area contributed by atoms with Crippen molar-refractivity contribution in [2.75, 3.05) is 18.6 Å². The molecule has 0 spiro atoms. The number of ether oxygens (including phenoxy) is 1. The third kappa shape index (κ3) is 3.76. The van der Waals surface area contributed by atoms with Crippen molar-refractivity contribution < 1.29 is 31.2 Å². The zero-order valence-electron chi connectivity index (χ0n) is 15.8. The Morgan fingerprint density at radius 1 is 1.00 bits per heavy atom. The smallest absolute Gasteiger partial charge is 0.356 e. The molecule has 0 unspecified atom stereocenters. The lowest BCUT2D eigenvalue weighted by Crippen LogP contribution is -2.17. The number of amides is 1. The van der Waals surface area contributed by atoms with E-state index in [9.17, 15) is 26.4 Å². The third-order valence-electron chi connectivity index (χ3n) is 4.07. The van der Waals surface area contributed by atoms with Gasteiger partial charge in [0.15, 0.2) is 25.4 Å². The summed E-state index contributed by atoms with van der Waals surface area (Å²) in [6.07, 6.45) is 1.61. The summed E-state index contributed by atoms with van der Waals surface area (Å²) in [6, 6.07) is 2.54. The Hall–Kier alpha value is -2.40. The molecule has 0 aliphatic heterocycles. The molecule has 0 aliphatic rings. The predicted octanol–water partition coefficient (Wildman–Crippen LogP) is 1.19. The number of nitrogens with two attached hydrogens (primary N) is 1. The maximum absolute atomic E-state index is 13.0. The lowest BCUT2D eigenvalue weighted by Gasteiger charge is -2.08. The molecule has 2 aromatic heterocycles. The third-order valence-corrected chi connectivity index (χ3v) is 8.15. The Morgan fingerprint density at radius 2 is 1.54 bits per heavy atom. The van der Waals surface area contributed by atoms with Crippen LogP contribution in [-0.2, 0) is 24.4 Å². The minimum absolute atomic E-state index is 0.0217. The molecule has 2 N–H and O–H groups in total. The minimum atomic E-state index is -4.14. The minimum Gasteiger partial charge on any atom is -0.464 e. The van der Waals surface area contributed by atoms with Gasteiger partial charge in [-0.15, -0.1) is 0 Å². The second-order valence-corrected chi connectivity index (χ2v) is 10.3. The first-order valence-electron chi connectivity index (χ1n) is 8.53. The van der Waals surface area contributed by atoms with Gasteiger partial charge in [0.25, 0.3) is 0 Å². The first-order chi connectivity index (χ1) is 13.0. The van der Waals surface area contributed by atoms with E-state index in [1.165, 1.54) is 12.1 Å². The quantitative estimate of drug-likeness (QED) is 0.620. The average Bonchev–Trinajstić information content (AvgIpc) is 2.97. The molecule has 11 heteroatoms. The summed E-state index contributed by atoms with van der Waals surface area (Å²) in [5, 5.41) is 0. The number of nitrogens with zero attached hydrogens (tertiary/aromatic N) is 1. The fraction of sp³-hybridized carbons (Fsp3) is 0.412. The van der Waals surface area contributed by atoms with Gasteiger partial charge < -0.3 is 14.9 Å². The molecule has 1 amide bonds. The Bertz CT molecular complexity index is 1150. The summed E-state index contributed by atoms with van der Waals surface area (Å²) in [5.41, 5.74) is 4.75. The number of methoxy groups -OCH3 is 1. The Balaban J connectivity index is 3.16. The van der Waals surface area contributed by atoms with Crippen LogP contribution in [0, 0.1) is 0 Å². The predicted molar refractivity (Wildman–Crippen MR) is 102 cm³/mol. The number of pyridine rings is 1. The van der Waals surface area contributed by atoms with Crippen molar-refractivity contribution in [3.63, 3.8) is 0 Å². The van der Waals surface area contributed by atoms with Crippen LogP contribution in [0.5, 0.6) is 0 Å². The molecule has 0 bridgehead atoms. The lowest BCUT2D eigenvalue weighted by molar-refractivity contribution is 0.0587. The van der Waals surface area contributed by atoms with Crippen LogP contribution in [0.1, 0.15) is 47.5 Å². The van der Waals surface area contributed by atoms with Crippen molar-refractivity contribution in [2.45, 2.75) is 36.5 Å². The van der Waals surface area contributed by atoms with E-state index in [0.717, 1.165) is 17.7 Å². The van der Waals surface area contributed by atoms with Crippen LogP contribution in [0.25, 0.3) is 5.52 Å². The largest absolute Gasteiger partial charge is 0.464 e. The van der Waals surface area contributed by atoms with Gasteiger partial charge in [-0.3, -0.25) is 4.79 Å². The van der Waals surface area contributed by atoms with E-state index in [-0.39, 0.29) is 35.4 Å². The van der Waals surface area contributed by atoms with Crippen molar-refractivity contribution >= 4 is 37.1 Å². The maximum atomic E-state index is 13.0. The second-order valence-electron chi connectivity index (χ2n) is 6.17. The summed E-state index contributed by atoms with van der Waals surface area (Å²) in [6.45, 7) is 3.26. The van der Waals surface area contributed by atoms with Gasteiger partial charge in [0, 0.05) is 6.20 Å². The number of fused-ring (bicyclic) bond motifs is 1. The Morgan fingerprint density at radius 3 is 2.00 bits per heavy atom. The van der Waals surface area contributed by atoms with Crippen molar-refractivity contribution in [3.8, 4) is 0 Å². The second kappa shape index (κ2) is 7.92. The average molecular weight is 431 g/mol. The SMILES string of the molecule is CCCS(=O)(=O)c1c(S(=O)(=O)CCC)c2ccc(C(N)=O)cn2c1C(=O)OC. The van der Waals surface area contributed by atoms with Gasteiger partial charge in [-0.1, -0.05) is 13.8 Å². The highest BCUT2D eigenvalue weighted by Crippen LogP contribution is 2.35. The molecule has 28 heavy (non-hydrogen) atoms. The molecule has 154 valence electrons. The van der Waals surface area contributed by atoms with Crippen LogP contribution in [0.3, 0.4) is 0 Å². The number of rotatable bonds is 8. The highest BCUT2D eigenvalue weighted by Gasteiger charge is 2.37. The molecule has 0 saturated heterocycles. The van der Waals surface area contributed by atoms with E-state index < -0.39 is 47.0 Å². The molecule has 0 aromatic carbocycles. The standard InChI is InChI=1S/C17H22N2O7S2/c1-4-8-27(22,23)14-12-7-6-11(16(18)20)10-19(12)13(17(21)26-3)15(14)28(24,25)9-5-2/h6-7,10H,4-5,8-9H2,1-3H3,(H2,18,20). The van der Waals surface area contributed by atoms with Crippen LogP contribution >= 0.6 is 0 Å². The molecule has 2 heterocycles. The molecule has 2 rings (SSSR count). The fourth-order valence-corrected chi connectivity index (χ4v) is 6.94. The van der Waals surface area contributed by atoms with Gasteiger partial charge in [-0.25, -0.2) is 21.6 Å². The molecule has 0 fully saturated rings. The maximum Gasteiger partial charge on any atom is 0.356 e. The van der Waals surface area contributed by atoms with Crippen molar-refractivity contribution in [1.82, 2.24) is 4.40 Å². The fourth-order valence-electron chi connectivity index (χ4n) is 2.97. The summed E-state index contributed by atoms with van der Waals surface area (Å²) < 4.78 is 57.6. The molecular weight excluding hydrogens is 408 g/mol. The first kappa shape index (κ1) is 21.9. The van der Waals surface area contributed by atoms with Crippen LogP contribution in [0.4, 0.5) is 0 Å². The van der Waals surface area contributed by atoms with Gasteiger partial charge in [0.1, 0.15) is 9.79 Å². The first-order valence-corrected chi connectivity index (χ1v) is 11.8. The highest BCUT2D eigenvalue weighted by molar-refractivity contribution is 7.94. The summed E-state index contributed by atoms with van der Waals surface area (Å²) in [4.78, 5) is 22.9. The monoisotopic (exact) mass is 430 g/mol. The van der Waals surface area contributed by atoms with Crippen LogP contribution in [0.2, 0.25) is 0 Å². The van der Waals surface area contributed by atoms with Crippen molar-refractivity contribution in [1.29, 1.82) is 0 Å². The number of aromatic nitrogens is 1. The van der Waals surface area contributed by atoms with Crippen LogP contribution in [-0.4, -0.2) is 51.7 Å². The molecule has 0 aliphatic carbocycles.